The quantitative estimate of drug-likeness (QED) is 0.839. The van der Waals surface area contributed by atoms with Gasteiger partial charge in [-0.25, -0.2) is 4.98 Å². The summed E-state index contributed by atoms with van der Waals surface area (Å²) in [6.07, 6.45) is 4.67. The van der Waals surface area contributed by atoms with Gasteiger partial charge >= 0.3 is 0 Å². The van der Waals surface area contributed by atoms with Crippen molar-refractivity contribution in [2.24, 2.45) is 0 Å². The first-order valence-electron chi connectivity index (χ1n) is 7.82. The fourth-order valence-electron chi connectivity index (χ4n) is 2.77. The van der Waals surface area contributed by atoms with Gasteiger partial charge < -0.3 is 5.32 Å². The second kappa shape index (κ2) is 7.40. The van der Waals surface area contributed by atoms with Crippen LogP contribution in [0.3, 0.4) is 0 Å². The van der Waals surface area contributed by atoms with Crippen LogP contribution in [0.25, 0.3) is 10.6 Å². The van der Waals surface area contributed by atoms with Crippen molar-refractivity contribution in [3.05, 3.63) is 22.8 Å². The Bertz CT molecular complexity index is 678. The van der Waals surface area contributed by atoms with Crippen LogP contribution in [0.5, 0.6) is 0 Å². The monoisotopic (exact) mass is 348 g/mol. The van der Waals surface area contributed by atoms with Crippen molar-refractivity contribution in [3.63, 3.8) is 0 Å². The van der Waals surface area contributed by atoms with E-state index >= 15 is 0 Å². The third kappa shape index (κ3) is 4.29. The zero-order valence-electron chi connectivity index (χ0n) is 13.3. The highest BCUT2D eigenvalue weighted by Gasteiger charge is 2.17. The molecule has 0 bridgehead atoms. The van der Waals surface area contributed by atoms with E-state index in [0.29, 0.717) is 11.8 Å². The number of thioether (sulfide) groups is 1. The molecule has 2 aromatic rings. The van der Waals surface area contributed by atoms with Crippen LogP contribution >= 0.6 is 23.1 Å². The maximum atomic E-state index is 11.9. The fourth-order valence-corrected chi connectivity index (χ4v) is 4.28. The van der Waals surface area contributed by atoms with Crippen LogP contribution in [0, 0.1) is 13.8 Å². The van der Waals surface area contributed by atoms with Crippen LogP contribution in [0.1, 0.15) is 36.4 Å². The van der Waals surface area contributed by atoms with E-state index in [9.17, 15) is 4.79 Å². The zero-order valence-corrected chi connectivity index (χ0v) is 15.0. The van der Waals surface area contributed by atoms with Crippen LogP contribution in [0.2, 0.25) is 0 Å². The normalized spacial score (nSPS) is 15.0. The molecule has 0 radical (unpaired) electrons. The van der Waals surface area contributed by atoms with Gasteiger partial charge in [0.25, 0.3) is 0 Å². The molecule has 1 amide bonds. The van der Waals surface area contributed by atoms with Gasteiger partial charge in [-0.3, -0.25) is 4.79 Å². The number of rotatable bonds is 5. The lowest BCUT2D eigenvalue weighted by molar-refractivity contribution is -0.119. The van der Waals surface area contributed by atoms with Crippen molar-refractivity contribution in [1.29, 1.82) is 0 Å². The van der Waals surface area contributed by atoms with Crippen LogP contribution in [0.4, 0.5) is 0 Å². The van der Waals surface area contributed by atoms with Crippen molar-refractivity contribution >= 4 is 29.0 Å². The molecule has 1 saturated carbocycles. The third-order valence-corrected chi connectivity index (χ3v) is 5.86. The molecule has 0 aliphatic heterocycles. The van der Waals surface area contributed by atoms with Gasteiger partial charge in [0.15, 0.2) is 0 Å². The van der Waals surface area contributed by atoms with E-state index in [1.54, 1.807) is 11.3 Å². The van der Waals surface area contributed by atoms with E-state index < -0.39 is 0 Å². The number of nitrogens with zero attached hydrogens (tertiary/aromatic N) is 3. The van der Waals surface area contributed by atoms with E-state index in [1.165, 1.54) is 24.6 Å². The van der Waals surface area contributed by atoms with Crippen LogP contribution in [0.15, 0.2) is 17.2 Å². The number of carbonyl (C=O) groups is 1. The lowest BCUT2D eigenvalue weighted by Crippen LogP contribution is -2.33. The van der Waals surface area contributed by atoms with Gasteiger partial charge in [-0.2, -0.15) is 0 Å². The Balaban J connectivity index is 1.55. The van der Waals surface area contributed by atoms with Crippen molar-refractivity contribution in [1.82, 2.24) is 20.5 Å². The average Bonchev–Trinajstić information content (AvgIpc) is 3.15. The molecular formula is C16H20N4OS2. The van der Waals surface area contributed by atoms with Crippen molar-refractivity contribution in [2.75, 3.05) is 5.75 Å². The van der Waals surface area contributed by atoms with Crippen LogP contribution in [-0.2, 0) is 4.79 Å². The van der Waals surface area contributed by atoms with E-state index in [4.69, 9.17) is 0 Å². The molecule has 1 aliphatic rings. The van der Waals surface area contributed by atoms with E-state index in [-0.39, 0.29) is 5.91 Å². The molecule has 0 atom stereocenters. The Labute approximate surface area is 144 Å². The molecule has 3 rings (SSSR count). The second-order valence-electron chi connectivity index (χ2n) is 5.74. The first-order chi connectivity index (χ1) is 11.1. The van der Waals surface area contributed by atoms with Crippen molar-refractivity contribution in [2.45, 2.75) is 50.6 Å². The summed E-state index contributed by atoms with van der Waals surface area (Å²) in [6.45, 7) is 3.97. The van der Waals surface area contributed by atoms with Gasteiger partial charge in [0.2, 0.25) is 5.91 Å². The molecule has 1 N–H and O–H groups in total. The van der Waals surface area contributed by atoms with Crippen LogP contribution < -0.4 is 5.32 Å². The maximum absolute atomic E-state index is 11.9. The number of amides is 1. The number of carbonyl (C=O) groups excluding carboxylic acids is 1. The highest BCUT2D eigenvalue weighted by Crippen LogP contribution is 2.28. The summed E-state index contributed by atoms with van der Waals surface area (Å²) in [4.78, 5) is 17.4. The van der Waals surface area contributed by atoms with Gasteiger partial charge in [-0.1, -0.05) is 24.6 Å². The smallest absolute Gasteiger partial charge is 0.230 e. The molecule has 0 spiro atoms. The average molecular weight is 348 g/mol. The Kier molecular flexibility index (Phi) is 5.27. The highest BCUT2D eigenvalue weighted by molar-refractivity contribution is 7.99. The van der Waals surface area contributed by atoms with E-state index in [1.807, 2.05) is 26.0 Å². The molecule has 0 saturated heterocycles. The van der Waals surface area contributed by atoms with E-state index in [2.05, 4.69) is 20.5 Å². The molecule has 5 nitrogen and oxygen atoms in total. The molecule has 2 heterocycles. The number of hydrogen-bond acceptors (Lipinski definition) is 6. The molecule has 0 unspecified atom stereocenters. The molecule has 23 heavy (non-hydrogen) atoms. The van der Waals surface area contributed by atoms with Crippen LogP contribution in [-0.4, -0.2) is 32.9 Å². The highest BCUT2D eigenvalue weighted by atomic mass is 32.2. The summed E-state index contributed by atoms with van der Waals surface area (Å²) in [5, 5.41) is 13.4. The maximum Gasteiger partial charge on any atom is 0.230 e. The standard InChI is InChI=1S/C16H20N4OS2/c1-10-16(23-11(2)17-10)13-7-8-15(20-19-13)22-9-14(21)18-12-5-3-4-6-12/h7-8,12H,3-6,9H2,1-2H3,(H,18,21). The van der Waals surface area contributed by atoms with Crippen molar-refractivity contribution < 1.29 is 4.79 Å². The Hall–Kier alpha value is -1.47. The second-order valence-corrected chi connectivity index (χ2v) is 7.94. The summed E-state index contributed by atoms with van der Waals surface area (Å²) in [6, 6.07) is 4.24. The van der Waals surface area contributed by atoms with E-state index in [0.717, 1.165) is 39.1 Å². The first kappa shape index (κ1) is 16.4. The summed E-state index contributed by atoms with van der Waals surface area (Å²) < 4.78 is 0. The number of hydrogen-bond donors (Lipinski definition) is 1. The number of aromatic nitrogens is 3. The van der Waals surface area contributed by atoms with Gasteiger partial charge in [0.1, 0.15) is 10.7 Å². The molecule has 1 aliphatic carbocycles. The summed E-state index contributed by atoms with van der Waals surface area (Å²) >= 11 is 3.05. The SMILES string of the molecule is Cc1nc(C)c(-c2ccc(SCC(=O)NC3CCCC3)nn2)s1. The Morgan fingerprint density at radius 1 is 1.30 bits per heavy atom. The summed E-state index contributed by atoms with van der Waals surface area (Å²) in [5.41, 5.74) is 1.83. The molecule has 2 aromatic heterocycles. The van der Waals surface area contributed by atoms with Gasteiger partial charge in [-0.15, -0.1) is 21.5 Å². The topological polar surface area (TPSA) is 67.8 Å². The number of aryl methyl sites for hydroxylation is 2. The minimum atomic E-state index is 0.0849. The summed E-state index contributed by atoms with van der Waals surface area (Å²) in [5.74, 6) is 0.477. The third-order valence-electron chi connectivity index (χ3n) is 3.85. The number of nitrogens with one attached hydrogen (secondary N) is 1. The minimum Gasteiger partial charge on any atom is -0.353 e. The first-order valence-corrected chi connectivity index (χ1v) is 9.62. The Morgan fingerprint density at radius 3 is 2.70 bits per heavy atom. The largest absolute Gasteiger partial charge is 0.353 e. The van der Waals surface area contributed by atoms with Gasteiger partial charge in [0.05, 0.1) is 21.3 Å². The predicted molar refractivity (Wildman–Crippen MR) is 93.7 cm³/mol. The molecule has 0 aromatic carbocycles. The van der Waals surface area contributed by atoms with Crippen molar-refractivity contribution in [3.8, 4) is 10.6 Å². The molecule has 1 fully saturated rings. The zero-order chi connectivity index (χ0) is 16.2. The minimum absolute atomic E-state index is 0.0849. The Morgan fingerprint density at radius 2 is 2.09 bits per heavy atom. The van der Waals surface area contributed by atoms with Gasteiger partial charge in [-0.05, 0) is 38.8 Å². The molecule has 7 heteroatoms. The van der Waals surface area contributed by atoms with Gasteiger partial charge in [0, 0.05) is 6.04 Å². The summed E-state index contributed by atoms with van der Waals surface area (Å²) in [7, 11) is 0. The lowest BCUT2D eigenvalue weighted by atomic mass is 10.2. The number of thiazole rings is 1. The molecule has 122 valence electrons. The predicted octanol–water partition coefficient (Wildman–Crippen LogP) is 3.37. The fraction of sp³-hybridized carbons (Fsp3) is 0.500. The molecular weight excluding hydrogens is 328 g/mol. The lowest BCUT2D eigenvalue weighted by Gasteiger charge is -2.11.